The van der Waals surface area contributed by atoms with E-state index >= 15 is 0 Å². The van der Waals surface area contributed by atoms with Gasteiger partial charge in [-0.1, -0.05) is 20.8 Å². The highest BCUT2D eigenvalue weighted by Crippen LogP contribution is 2.59. The Hall–Kier alpha value is -0.940. The van der Waals surface area contributed by atoms with Crippen LogP contribution in [0.3, 0.4) is 0 Å². The summed E-state index contributed by atoms with van der Waals surface area (Å²) in [6.07, 6.45) is 0.149. The van der Waals surface area contributed by atoms with Gasteiger partial charge in [0, 0.05) is 5.41 Å². The van der Waals surface area contributed by atoms with Crippen molar-refractivity contribution in [3.63, 3.8) is 0 Å². The number of hydrogen-bond donors (Lipinski definition) is 1. The van der Waals surface area contributed by atoms with E-state index in [4.69, 9.17) is 14.6 Å². The summed E-state index contributed by atoms with van der Waals surface area (Å²) in [7, 11) is 0. The van der Waals surface area contributed by atoms with E-state index in [1.807, 2.05) is 20.8 Å². The number of Topliss-reactive ketones (excluding diaryl/α,β-unsaturated/α-hetero) is 1. The minimum absolute atomic E-state index is 0.155. The second-order valence-electron chi connectivity index (χ2n) is 6.34. The fourth-order valence-corrected chi connectivity index (χ4v) is 3.29. The summed E-state index contributed by atoms with van der Waals surface area (Å²) in [4.78, 5) is 23.3. The molecular formula is C13H20O5. The first-order valence-electron chi connectivity index (χ1n) is 6.20. The van der Waals surface area contributed by atoms with E-state index in [9.17, 15) is 9.59 Å². The van der Waals surface area contributed by atoms with Crippen LogP contribution in [-0.2, 0) is 19.1 Å². The molecule has 1 saturated heterocycles. The summed E-state index contributed by atoms with van der Waals surface area (Å²) in [6, 6.07) is 0. The lowest BCUT2D eigenvalue weighted by molar-refractivity contribution is -0.200. The Morgan fingerprint density at radius 2 is 1.78 bits per heavy atom. The van der Waals surface area contributed by atoms with Crippen molar-refractivity contribution in [3.05, 3.63) is 0 Å². The van der Waals surface area contributed by atoms with Crippen LogP contribution < -0.4 is 0 Å². The van der Waals surface area contributed by atoms with Gasteiger partial charge in [-0.15, -0.1) is 0 Å². The lowest BCUT2D eigenvalue weighted by atomic mass is 9.70. The quantitative estimate of drug-likeness (QED) is 0.760. The van der Waals surface area contributed by atoms with Crippen LogP contribution in [0.5, 0.6) is 0 Å². The zero-order valence-corrected chi connectivity index (χ0v) is 11.4. The third-order valence-electron chi connectivity index (χ3n) is 4.57. The van der Waals surface area contributed by atoms with Gasteiger partial charge in [0.25, 0.3) is 5.78 Å². The molecule has 18 heavy (non-hydrogen) atoms. The Bertz CT molecular complexity index is 412. The van der Waals surface area contributed by atoms with Crippen LogP contribution >= 0.6 is 0 Å². The number of carboxylic acid groups (broad SMARTS) is 1. The Balaban J connectivity index is 2.55. The topological polar surface area (TPSA) is 72.8 Å². The van der Waals surface area contributed by atoms with Crippen LogP contribution in [-0.4, -0.2) is 34.4 Å². The Morgan fingerprint density at radius 3 is 2.28 bits per heavy atom. The fourth-order valence-electron chi connectivity index (χ4n) is 3.29. The zero-order valence-electron chi connectivity index (χ0n) is 11.4. The van der Waals surface area contributed by atoms with Gasteiger partial charge in [0.15, 0.2) is 11.4 Å². The normalized spacial score (nSPS) is 40.5. The van der Waals surface area contributed by atoms with Crippen molar-refractivity contribution < 1.29 is 24.2 Å². The Labute approximate surface area is 106 Å². The summed E-state index contributed by atoms with van der Waals surface area (Å²) < 4.78 is 11.6. The molecule has 0 unspecified atom stereocenters. The molecule has 1 heterocycles. The predicted molar refractivity (Wildman–Crippen MR) is 63.0 cm³/mol. The molecule has 0 radical (unpaired) electrons. The summed E-state index contributed by atoms with van der Waals surface area (Å²) in [6.45, 7) is 9.17. The standard InChI is InChI=1S/C13H20O5/c1-7-6-8-13(11(7,2)3,9(14)10(15)16)18-12(4,5)17-8/h7-8H,6H2,1-5H3,(H,15,16)/t7-,8-,13+/m1/s1. The molecule has 2 aliphatic rings. The molecule has 1 saturated carbocycles. The SMILES string of the molecule is C[C@@H]1C[C@H]2OC(C)(C)O[C@@]2(C(=O)C(=O)O)C1(C)C. The van der Waals surface area contributed by atoms with Crippen LogP contribution in [0.25, 0.3) is 0 Å². The highest BCUT2D eigenvalue weighted by molar-refractivity contribution is 6.36. The third-order valence-corrected chi connectivity index (χ3v) is 4.57. The number of hydrogen-bond acceptors (Lipinski definition) is 4. The maximum Gasteiger partial charge on any atom is 0.375 e. The number of carboxylic acids is 1. The monoisotopic (exact) mass is 256 g/mol. The predicted octanol–water partition coefficient (Wildman–Crippen LogP) is 1.60. The van der Waals surface area contributed by atoms with Gasteiger partial charge in [-0.3, -0.25) is 4.79 Å². The highest BCUT2D eigenvalue weighted by atomic mass is 16.8. The highest BCUT2D eigenvalue weighted by Gasteiger charge is 2.72. The number of aliphatic carboxylic acids is 1. The lowest BCUT2D eigenvalue weighted by Crippen LogP contribution is -2.57. The van der Waals surface area contributed by atoms with E-state index < -0.39 is 34.7 Å². The first kappa shape index (κ1) is 13.5. The Morgan fingerprint density at radius 1 is 1.22 bits per heavy atom. The van der Waals surface area contributed by atoms with E-state index in [-0.39, 0.29) is 5.92 Å². The number of fused-ring (bicyclic) bond motifs is 1. The van der Waals surface area contributed by atoms with Crippen molar-refractivity contribution in [1.29, 1.82) is 0 Å². The summed E-state index contributed by atoms with van der Waals surface area (Å²) >= 11 is 0. The van der Waals surface area contributed by atoms with Gasteiger partial charge in [0.2, 0.25) is 0 Å². The molecule has 3 atom stereocenters. The van der Waals surface area contributed by atoms with Crippen LogP contribution in [0.15, 0.2) is 0 Å². The molecule has 5 heteroatoms. The Kier molecular flexibility index (Phi) is 2.66. The average Bonchev–Trinajstić information content (AvgIpc) is 2.57. The maximum atomic E-state index is 12.2. The number of rotatable bonds is 2. The molecule has 1 N–H and O–H groups in total. The molecular weight excluding hydrogens is 236 g/mol. The van der Waals surface area contributed by atoms with E-state index in [1.54, 1.807) is 13.8 Å². The molecule has 1 aliphatic heterocycles. The van der Waals surface area contributed by atoms with Crippen LogP contribution in [0.1, 0.15) is 41.0 Å². The van der Waals surface area contributed by atoms with Gasteiger partial charge in [-0.05, 0) is 26.2 Å². The molecule has 2 fully saturated rings. The molecule has 2 rings (SSSR count). The number of ketones is 1. The van der Waals surface area contributed by atoms with Crippen LogP contribution in [0, 0.1) is 11.3 Å². The molecule has 0 spiro atoms. The molecule has 5 nitrogen and oxygen atoms in total. The van der Waals surface area contributed by atoms with E-state index in [2.05, 4.69) is 0 Å². The minimum atomic E-state index is -1.46. The maximum absolute atomic E-state index is 12.2. The van der Waals surface area contributed by atoms with E-state index in [0.29, 0.717) is 6.42 Å². The van der Waals surface area contributed by atoms with Gasteiger partial charge in [0.05, 0.1) is 6.10 Å². The molecule has 0 aromatic rings. The van der Waals surface area contributed by atoms with Crippen molar-refractivity contribution in [3.8, 4) is 0 Å². The number of carbonyl (C=O) groups is 2. The number of ether oxygens (including phenoxy) is 2. The van der Waals surface area contributed by atoms with Gasteiger partial charge in [-0.25, -0.2) is 4.79 Å². The van der Waals surface area contributed by atoms with Gasteiger partial charge >= 0.3 is 5.97 Å². The van der Waals surface area contributed by atoms with Crippen LogP contribution in [0.2, 0.25) is 0 Å². The van der Waals surface area contributed by atoms with Gasteiger partial charge in [-0.2, -0.15) is 0 Å². The fraction of sp³-hybridized carbons (Fsp3) is 0.846. The number of carbonyl (C=O) groups excluding carboxylic acids is 1. The molecule has 1 aliphatic carbocycles. The average molecular weight is 256 g/mol. The van der Waals surface area contributed by atoms with Gasteiger partial charge < -0.3 is 14.6 Å². The first-order chi connectivity index (χ1) is 8.04. The second kappa shape index (κ2) is 3.54. The zero-order chi connectivity index (χ0) is 13.9. The minimum Gasteiger partial charge on any atom is -0.475 e. The second-order valence-corrected chi connectivity index (χ2v) is 6.34. The lowest BCUT2D eigenvalue weighted by Gasteiger charge is -2.39. The largest absolute Gasteiger partial charge is 0.475 e. The third kappa shape index (κ3) is 1.47. The molecule has 0 bridgehead atoms. The van der Waals surface area contributed by atoms with Crippen LogP contribution in [0.4, 0.5) is 0 Å². The first-order valence-corrected chi connectivity index (χ1v) is 6.20. The molecule has 0 aromatic heterocycles. The van der Waals surface area contributed by atoms with Crippen molar-refractivity contribution in [1.82, 2.24) is 0 Å². The van der Waals surface area contributed by atoms with Crippen molar-refractivity contribution >= 4 is 11.8 Å². The van der Waals surface area contributed by atoms with Crippen molar-refractivity contribution in [2.24, 2.45) is 11.3 Å². The summed E-state index contributed by atoms with van der Waals surface area (Å²) in [5, 5.41) is 9.09. The molecule has 0 aromatic carbocycles. The van der Waals surface area contributed by atoms with Crippen molar-refractivity contribution in [2.75, 3.05) is 0 Å². The smallest absolute Gasteiger partial charge is 0.375 e. The summed E-state index contributed by atoms with van der Waals surface area (Å²) in [5.74, 6) is -3.12. The summed E-state index contributed by atoms with van der Waals surface area (Å²) in [5.41, 5.74) is -1.94. The molecule has 102 valence electrons. The van der Waals surface area contributed by atoms with Crippen molar-refractivity contribution in [2.45, 2.75) is 58.5 Å². The van der Waals surface area contributed by atoms with Gasteiger partial charge in [0.1, 0.15) is 0 Å². The van der Waals surface area contributed by atoms with E-state index in [0.717, 1.165) is 0 Å². The van der Waals surface area contributed by atoms with E-state index in [1.165, 1.54) is 0 Å². The molecule has 0 amide bonds.